The zero-order chi connectivity index (χ0) is 24.7. The molecule has 0 aromatic heterocycles. The molecule has 0 saturated carbocycles. The van der Waals surface area contributed by atoms with E-state index in [4.69, 9.17) is 4.74 Å². The Morgan fingerprint density at radius 1 is 1.00 bits per heavy atom. The Morgan fingerprint density at radius 3 is 2.31 bits per heavy atom. The fourth-order valence-electron chi connectivity index (χ4n) is 4.15. The molecule has 4 amide bonds. The summed E-state index contributed by atoms with van der Waals surface area (Å²) in [5.74, 6) is -1.82. The summed E-state index contributed by atoms with van der Waals surface area (Å²) in [7, 11) is 0. The minimum absolute atomic E-state index is 0.142. The first-order valence-electron chi connectivity index (χ1n) is 10.9. The van der Waals surface area contributed by atoms with Crippen molar-refractivity contribution in [2.45, 2.75) is 19.5 Å². The first-order chi connectivity index (χ1) is 16.8. The predicted octanol–water partition coefficient (Wildman–Crippen LogP) is 3.37. The van der Waals surface area contributed by atoms with Crippen LogP contribution in [-0.2, 0) is 16.1 Å². The fraction of sp³-hybridized carbons (Fsp3) is 0.154. The molecular weight excluding hydrogens is 453 g/mol. The molecule has 2 aliphatic rings. The third kappa shape index (κ3) is 4.01. The number of anilines is 2. The van der Waals surface area contributed by atoms with E-state index in [0.29, 0.717) is 17.1 Å². The number of nitrogens with zero attached hydrogens (tertiary/aromatic N) is 2. The lowest BCUT2D eigenvalue weighted by molar-refractivity contribution is -0.121. The second-order valence-electron chi connectivity index (χ2n) is 8.27. The van der Waals surface area contributed by atoms with Gasteiger partial charge in [-0.1, -0.05) is 24.3 Å². The molecule has 3 aromatic carbocycles. The molecule has 1 unspecified atom stereocenters. The van der Waals surface area contributed by atoms with Gasteiger partial charge in [-0.2, -0.15) is 0 Å². The van der Waals surface area contributed by atoms with Crippen LogP contribution in [0.5, 0.6) is 5.75 Å². The maximum Gasteiger partial charge on any atom is 0.265 e. The van der Waals surface area contributed by atoms with Crippen molar-refractivity contribution in [3.63, 3.8) is 0 Å². The second-order valence-corrected chi connectivity index (χ2v) is 8.27. The maximum atomic E-state index is 13.3. The summed E-state index contributed by atoms with van der Waals surface area (Å²) in [6.07, 6.45) is 0. The van der Waals surface area contributed by atoms with Gasteiger partial charge in [0.2, 0.25) is 5.91 Å². The molecule has 9 heteroatoms. The minimum atomic E-state index is -1.06. The number of hydrogen-bond donors (Lipinski definition) is 1. The van der Waals surface area contributed by atoms with E-state index in [1.807, 2.05) is 0 Å². The highest BCUT2D eigenvalue weighted by atomic mass is 19.1. The molecule has 0 saturated heterocycles. The van der Waals surface area contributed by atoms with Crippen molar-refractivity contribution in [3.05, 3.63) is 89.2 Å². The van der Waals surface area contributed by atoms with E-state index >= 15 is 0 Å². The number of fused-ring (bicyclic) bond motifs is 2. The summed E-state index contributed by atoms with van der Waals surface area (Å²) in [5.41, 5.74) is 2.05. The van der Waals surface area contributed by atoms with Crippen molar-refractivity contribution < 1.29 is 28.3 Å². The molecule has 2 heterocycles. The van der Waals surface area contributed by atoms with Gasteiger partial charge in [-0.15, -0.1) is 0 Å². The quantitative estimate of drug-likeness (QED) is 0.574. The van der Waals surface area contributed by atoms with Gasteiger partial charge in [-0.3, -0.25) is 24.1 Å². The average Bonchev–Trinajstić information content (AvgIpc) is 3.11. The maximum absolute atomic E-state index is 13.3. The molecule has 0 fully saturated rings. The van der Waals surface area contributed by atoms with Crippen LogP contribution < -0.4 is 15.0 Å². The molecule has 1 N–H and O–H groups in total. The van der Waals surface area contributed by atoms with Gasteiger partial charge in [0.15, 0.2) is 6.61 Å². The highest BCUT2D eigenvalue weighted by Crippen LogP contribution is 2.36. The third-order valence-corrected chi connectivity index (χ3v) is 6.02. The molecule has 0 bridgehead atoms. The first-order valence-corrected chi connectivity index (χ1v) is 10.9. The number of amides is 4. The summed E-state index contributed by atoms with van der Waals surface area (Å²) in [4.78, 5) is 53.4. The Labute approximate surface area is 199 Å². The molecule has 2 aliphatic heterocycles. The molecule has 8 nitrogen and oxygen atoms in total. The summed E-state index contributed by atoms with van der Waals surface area (Å²) in [6.45, 7) is 1.53. The fourth-order valence-corrected chi connectivity index (χ4v) is 4.15. The first kappa shape index (κ1) is 22.3. The normalized spacial score (nSPS) is 15.4. The number of nitrogens with one attached hydrogen (secondary N) is 1. The van der Waals surface area contributed by atoms with E-state index in [9.17, 15) is 23.6 Å². The number of hydrogen-bond acceptors (Lipinski definition) is 5. The summed E-state index contributed by atoms with van der Waals surface area (Å²) in [5, 5.41) is 2.72. The number of benzene rings is 3. The van der Waals surface area contributed by atoms with Crippen molar-refractivity contribution >= 4 is 35.0 Å². The van der Waals surface area contributed by atoms with E-state index in [1.165, 1.54) is 24.0 Å². The van der Waals surface area contributed by atoms with Crippen molar-refractivity contribution in [2.24, 2.45) is 0 Å². The molecule has 35 heavy (non-hydrogen) atoms. The Balaban J connectivity index is 1.36. The van der Waals surface area contributed by atoms with Crippen LogP contribution in [0.1, 0.15) is 33.2 Å². The lowest BCUT2D eigenvalue weighted by Crippen LogP contribution is -2.45. The molecule has 1 atom stereocenters. The van der Waals surface area contributed by atoms with Gasteiger partial charge in [-0.25, -0.2) is 4.39 Å². The van der Waals surface area contributed by atoms with Crippen molar-refractivity contribution in [1.29, 1.82) is 0 Å². The summed E-state index contributed by atoms with van der Waals surface area (Å²) < 4.78 is 18.8. The highest BCUT2D eigenvalue weighted by Gasteiger charge is 2.40. The largest absolute Gasteiger partial charge is 0.482 e. The van der Waals surface area contributed by atoms with Gasteiger partial charge < -0.3 is 15.0 Å². The third-order valence-electron chi connectivity index (χ3n) is 6.02. The standard InChI is InChI=1S/C26H20FN3O5/c1-15(30-25(33)19-4-2-3-5-20(19)26(30)34)24(32)28-18-10-11-22-21(12-18)29(23(31)14-35-22)13-16-6-8-17(27)9-7-16/h2-12,15H,13-14H2,1H3,(H,28,32). The van der Waals surface area contributed by atoms with Crippen LogP contribution in [0.3, 0.4) is 0 Å². The lowest BCUT2D eigenvalue weighted by atomic mass is 10.1. The summed E-state index contributed by atoms with van der Waals surface area (Å²) >= 11 is 0. The Bertz CT molecular complexity index is 1340. The van der Waals surface area contributed by atoms with Crippen molar-refractivity contribution in [1.82, 2.24) is 4.90 Å². The smallest absolute Gasteiger partial charge is 0.265 e. The monoisotopic (exact) mass is 473 g/mol. The van der Waals surface area contributed by atoms with Gasteiger partial charge in [-0.05, 0) is 55.0 Å². The van der Waals surface area contributed by atoms with Crippen LogP contribution in [0.2, 0.25) is 0 Å². The molecule has 0 spiro atoms. The van der Waals surface area contributed by atoms with Gasteiger partial charge in [0.1, 0.15) is 17.6 Å². The van der Waals surface area contributed by atoms with Gasteiger partial charge in [0.25, 0.3) is 17.7 Å². The average molecular weight is 473 g/mol. The second kappa shape index (κ2) is 8.68. The molecule has 176 valence electrons. The SMILES string of the molecule is CC(C(=O)Nc1ccc2c(c1)N(Cc1ccc(F)cc1)C(=O)CO2)N1C(=O)c2ccccc2C1=O. The number of halogens is 1. The topological polar surface area (TPSA) is 96.0 Å². The van der Waals surface area contributed by atoms with E-state index in [1.54, 1.807) is 54.6 Å². The van der Waals surface area contributed by atoms with Crippen LogP contribution in [0.15, 0.2) is 66.7 Å². The van der Waals surface area contributed by atoms with Crippen molar-refractivity contribution in [2.75, 3.05) is 16.8 Å². The predicted molar refractivity (Wildman–Crippen MR) is 125 cm³/mol. The van der Waals surface area contributed by atoms with Crippen LogP contribution in [0.25, 0.3) is 0 Å². The van der Waals surface area contributed by atoms with Crippen LogP contribution in [-0.4, -0.2) is 41.2 Å². The Morgan fingerprint density at radius 2 is 1.66 bits per heavy atom. The van der Waals surface area contributed by atoms with E-state index < -0.39 is 23.8 Å². The molecule has 0 aliphatic carbocycles. The van der Waals surface area contributed by atoms with Crippen LogP contribution >= 0.6 is 0 Å². The lowest BCUT2D eigenvalue weighted by Gasteiger charge is -2.30. The zero-order valence-electron chi connectivity index (χ0n) is 18.7. The number of ether oxygens (including phenoxy) is 1. The molecule has 5 rings (SSSR count). The molecular formula is C26H20FN3O5. The zero-order valence-corrected chi connectivity index (χ0v) is 18.7. The van der Waals surface area contributed by atoms with Crippen LogP contribution in [0, 0.1) is 5.82 Å². The van der Waals surface area contributed by atoms with E-state index in [2.05, 4.69) is 5.32 Å². The number of imide groups is 1. The molecule has 0 radical (unpaired) electrons. The van der Waals surface area contributed by atoms with Gasteiger partial charge in [0.05, 0.1) is 23.4 Å². The van der Waals surface area contributed by atoms with E-state index in [0.717, 1.165) is 10.5 Å². The van der Waals surface area contributed by atoms with Gasteiger partial charge in [0, 0.05) is 5.69 Å². The Hall–Kier alpha value is -4.53. The van der Waals surface area contributed by atoms with Crippen LogP contribution in [0.4, 0.5) is 15.8 Å². The van der Waals surface area contributed by atoms with Gasteiger partial charge >= 0.3 is 0 Å². The number of carbonyl (C=O) groups excluding carboxylic acids is 4. The molecule has 3 aromatic rings. The highest BCUT2D eigenvalue weighted by molar-refractivity contribution is 6.23. The van der Waals surface area contributed by atoms with E-state index in [-0.39, 0.29) is 36.0 Å². The number of rotatable bonds is 5. The van der Waals surface area contributed by atoms with Crippen molar-refractivity contribution in [3.8, 4) is 5.75 Å². The number of carbonyl (C=O) groups is 4. The minimum Gasteiger partial charge on any atom is -0.482 e. The Kier molecular flexibility index (Phi) is 5.52. The summed E-state index contributed by atoms with van der Waals surface area (Å²) in [6, 6.07) is 16.0.